The maximum Gasteiger partial charge on any atom is 0.426 e. The molecule has 1 atom stereocenters. The summed E-state index contributed by atoms with van der Waals surface area (Å²) >= 11 is 0. The zero-order valence-corrected chi connectivity index (χ0v) is 16.3. The van der Waals surface area contributed by atoms with Gasteiger partial charge < -0.3 is 15.2 Å². The average Bonchev–Trinajstić information content (AvgIpc) is 3.09. The zero-order chi connectivity index (χ0) is 22.4. The van der Waals surface area contributed by atoms with Crippen LogP contribution in [0.1, 0.15) is 23.5 Å². The molecule has 0 aromatic heterocycles. The van der Waals surface area contributed by atoms with Crippen LogP contribution in [0.3, 0.4) is 0 Å². The normalized spacial score (nSPS) is 12.5. The molecule has 0 aliphatic heterocycles. The molecule has 0 saturated heterocycles. The highest BCUT2D eigenvalue weighted by molar-refractivity contribution is 6.32. The minimum Gasteiger partial charge on any atom is -0.474 e. The molecule has 31 heavy (non-hydrogen) atoms. The van der Waals surface area contributed by atoms with Crippen LogP contribution in [0.4, 0.5) is 4.79 Å². The second kappa shape index (κ2) is 9.45. The van der Waals surface area contributed by atoms with E-state index < -0.39 is 29.9 Å². The average molecular weight is 421 g/mol. The molecular formula is C22H19N3O6. The third-order valence-corrected chi connectivity index (χ3v) is 4.77. The van der Waals surface area contributed by atoms with Gasteiger partial charge in [0.2, 0.25) is 0 Å². The van der Waals surface area contributed by atoms with Crippen LogP contribution in [-0.4, -0.2) is 41.6 Å². The van der Waals surface area contributed by atoms with Crippen LogP contribution >= 0.6 is 0 Å². The van der Waals surface area contributed by atoms with Crippen LogP contribution in [0.25, 0.3) is 11.1 Å². The quantitative estimate of drug-likeness (QED) is 0.325. The van der Waals surface area contributed by atoms with Gasteiger partial charge in [-0.1, -0.05) is 48.5 Å². The number of carbonyl (C=O) groups is 4. The van der Waals surface area contributed by atoms with E-state index in [1.807, 2.05) is 53.8 Å². The van der Waals surface area contributed by atoms with E-state index in [2.05, 4.69) is 16.8 Å². The van der Waals surface area contributed by atoms with E-state index in [0.717, 1.165) is 22.3 Å². The van der Waals surface area contributed by atoms with E-state index in [4.69, 9.17) is 16.3 Å². The number of amides is 3. The van der Waals surface area contributed by atoms with E-state index in [1.54, 1.807) is 0 Å². The lowest BCUT2D eigenvalue weighted by atomic mass is 9.98. The number of hydrogen-bond donors (Lipinski definition) is 4. The Morgan fingerprint density at radius 2 is 1.58 bits per heavy atom. The van der Waals surface area contributed by atoms with Crippen molar-refractivity contribution in [3.8, 4) is 23.5 Å². The fourth-order valence-corrected chi connectivity index (χ4v) is 3.38. The molecule has 0 heterocycles. The second-order valence-electron chi connectivity index (χ2n) is 6.68. The first-order valence-electron chi connectivity index (χ1n) is 9.30. The summed E-state index contributed by atoms with van der Waals surface area (Å²) in [6.07, 6.45) is 3.95. The maximum atomic E-state index is 12.1. The van der Waals surface area contributed by atoms with E-state index in [0.29, 0.717) is 0 Å². The van der Waals surface area contributed by atoms with Gasteiger partial charge in [-0.2, -0.15) is 0 Å². The summed E-state index contributed by atoms with van der Waals surface area (Å²) in [5.74, 6) is -2.05. The van der Waals surface area contributed by atoms with Crippen molar-refractivity contribution in [1.29, 1.82) is 0 Å². The van der Waals surface area contributed by atoms with Crippen LogP contribution in [0.2, 0.25) is 0 Å². The van der Waals surface area contributed by atoms with E-state index in [1.165, 1.54) is 0 Å². The molecule has 0 spiro atoms. The Morgan fingerprint density at radius 1 is 1.00 bits per heavy atom. The van der Waals surface area contributed by atoms with Crippen LogP contribution < -0.4 is 16.2 Å². The van der Waals surface area contributed by atoms with E-state index in [-0.39, 0.29) is 18.9 Å². The fraction of sp³-hybridized carbons (Fsp3) is 0.182. The van der Waals surface area contributed by atoms with Crippen molar-refractivity contribution in [2.75, 3.05) is 6.61 Å². The Labute approximate surface area is 177 Å². The van der Waals surface area contributed by atoms with Crippen molar-refractivity contribution in [2.45, 2.75) is 18.4 Å². The van der Waals surface area contributed by atoms with Crippen molar-refractivity contribution >= 4 is 23.9 Å². The maximum absolute atomic E-state index is 12.1. The molecule has 0 radical (unpaired) electrons. The molecule has 0 fully saturated rings. The van der Waals surface area contributed by atoms with Gasteiger partial charge in [-0.25, -0.2) is 15.0 Å². The molecule has 2 aromatic rings. The number of hydrazine groups is 1. The summed E-state index contributed by atoms with van der Waals surface area (Å²) in [5, 5.41) is 10.6. The Bertz CT molecular complexity index is 1030. The highest BCUT2D eigenvalue weighted by Gasteiger charge is 2.29. The number of terminal acetylenes is 1. The highest BCUT2D eigenvalue weighted by atomic mass is 16.6. The number of carboxylic acids is 1. The summed E-state index contributed by atoms with van der Waals surface area (Å²) in [7, 11) is 0. The number of carboxylic acid groups (broad SMARTS) is 1. The van der Waals surface area contributed by atoms with Crippen molar-refractivity contribution in [2.24, 2.45) is 0 Å². The zero-order valence-electron chi connectivity index (χ0n) is 16.3. The predicted octanol–water partition coefficient (Wildman–Crippen LogP) is 1.15. The van der Waals surface area contributed by atoms with Crippen molar-refractivity contribution in [3.05, 3.63) is 59.7 Å². The van der Waals surface area contributed by atoms with E-state index >= 15 is 0 Å². The molecule has 9 nitrogen and oxygen atoms in total. The summed E-state index contributed by atoms with van der Waals surface area (Å²) in [4.78, 5) is 46.0. The summed E-state index contributed by atoms with van der Waals surface area (Å²) < 4.78 is 5.26. The monoisotopic (exact) mass is 421 g/mol. The minimum absolute atomic E-state index is 0.0409. The standard InChI is InChI=1S/C22H19N3O6/c1-2-7-18(23-20(27)21(28)29)19(26)24-25-22(30)31-12-17-15-10-5-3-8-13(15)14-9-4-6-11-16(14)17/h1,3-6,8-11,17-18H,7,12H2,(H,23,27)(H,24,26)(H,25,30)(H,28,29). The first kappa shape index (κ1) is 21.4. The van der Waals surface area contributed by atoms with Gasteiger partial charge in [0.15, 0.2) is 0 Å². The summed E-state index contributed by atoms with van der Waals surface area (Å²) in [5.41, 5.74) is 8.34. The van der Waals surface area contributed by atoms with Gasteiger partial charge in [-0.3, -0.25) is 15.0 Å². The number of nitrogens with one attached hydrogen (secondary N) is 3. The number of ether oxygens (including phenoxy) is 1. The largest absolute Gasteiger partial charge is 0.474 e. The number of hydrogen-bond acceptors (Lipinski definition) is 5. The lowest BCUT2D eigenvalue weighted by molar-refractivity contribution is -0.151. The van der Waals surface area contributed by atoms with Gasteiger partial charge in [-0.05, 0) is 22.3 Å². The SMILES string of the molecule is C#CCC(NC(=O)C(=O)O)C(=O)NNC(=O)OCC1c2ccccc2-c2ccccc21. The Kier molecular flexibility index (Phi) is 6.52. The molecule has 0 saturated carbocycles. The predicted molar refractivity (Wildman–Crippen MR) is 109 cm³/mol. The molecule has 1 unspecified atom stereocenters. The third-order valence-electron chi connectivity index (χ3n) is 4.77. The molecule has 0 bridgehead atoms. The van der Waals surface area contributed by atoms with Crippen LogP contribution in [0, 0.1) is 12.3 Å². The molecule has 158 valence electrons. The molecular weight excluding hydrogens is 402 g/mol. The molecule has 3 amide bonds. The molecule has 2 aromatic carbocycles. The van der Waals surface area contributed by atoms with Gasteiger partial charge in [0.25, 0.3) is 5.91 Å². The first-order chi connectivity index (χ1) is 14.9. The third kappa shape index (κ3) is 4.82. The van der Waals surface area contributed by atoms with Gasteiger partial charge >= 0.3 is 18.0 Å². The lowest BCUT2D eigenvalue weighted by Crippen LogP contribution is -2.53. The summed E-state index contributed by atoms with van der Waals surface area (Å²) in [6.45, 7) is 0.0409. The van der Waals surface area contributed by atoms with Crippen molar-refractivity contribution in [1.82, 2.24) is 16.2 Å². The Morgan fingerprint density at radius 3 is 2.13 bits per heavy atom. The fourth-order valence-electron chi connectivity index (χ4n) is 3.38. The van der Waals surface area contributed by atoms with Gasteiger partial charge in [0, 0.05) is 12.3 Å². The van der Waals surface area contributed by atoms with Crippen LogP contribution in [0.5, 0.6) is 0 Å². The van der Waals surface area contributed by atoms with Gasteiger partial charge in [-0.15, -0.1) is 12.3 Å². The molecule has 3 rings (SSSR count). The van der Waals surface area contributed by atoms with Gasteiger partial charge in [0.1, 0.15) is 12.6 Å². The van der Waals surface area contributed by atoms with Gasteiger partial charge in [0.05, 0.1) is 0 Å². The number of aliphatic carboxylic acids is 1. The second-order valence-corrected chi connectivity index (χ2v) is 6.68. The van der Waals surface area contributed by atoms with Crippen molar-refractivity contribution < 1.29 is 29.0 Å². The van der Waals surface area contributed by atoms with Crippen LogP contribution in [-0.2, 0) is 19.1 Å². The number of carbonyl (C=O) groups excluding carboxylic acids is 3. The van der Waals surface area contributed by atoms with Crippen molar-refractivity contribution in [3.63, 3.8) is 0 Å². The first-order valence-corrected chi connectivity index (χ1v) is 9.30. The smallest absolute Gasteiger partial charge is 0.426 e. The molecule has 1 aliphatic rings. The van der Waals surface area contributed by atoms with Crippen LogP contribution in [0.15, 0.2) is 48.5 Å². The minimum atomic E-state index is -1.76. The number of benzene rings is 2. The van der Waals surface area contributed by atoms with E-state index in [9.17, 15) is 19.2 Å². The Balaban J connectivity index is 1.57. The Hall–Kier alpha value is -4.32. The summed E-state index contributed by atoms with van der Waals surface area (Å²) in [6, 6.07) is 14.3. The number of rotatable bonds is 5. The molecule has 9 heteroatoms. The molecule has 1 aliphatic carbocycles. The molecule has 4 N–H and O–H groups in total. The highest BCUT2D eigenvalue weighted by Crippen LogP contribution is 2.44. The number of fused-ring (bicyclic) bond motifs is 3. The lowest BCUT2D eigenvalue weighted by Gasteiger charge is -2.17. The topological polar surface area (TPSA) is 134 Å².